The third-order valence-corrected chi connectivity index (χ3v) is 3.95. The fraction of sp³-hybridized carbons (Fsp3) is 0.538. The quantitative estimate of drug-likeness (QED) is 0.743. The number of nitrogens with zero attached hydrogens (tertiary/aromatic N) is 1. The summed E-state index contributed by atoms with van der Waals surface area (Å²) in [6.07, 6.45) is 3.97. The average Bonchev–Trinajstić information content (AvgIpc) is 2.28. The minimum atomic E-state index is 0.666. The van der Waals surface area contributed by atoms with E-state index in [4.69, 9.17) is 11.6 Å². The van der Waals surface area contributed by atoms with E-state index in [0.717, 1.165) is 11.6 Å². The second-order valence-electron chi connectivity index (χ2n) is 4.84. The SMILES string of the molecule is Cc1cc(Cl)cc2c1NCC1CCCCN21. The van der Waals surface area contributed by atoms with E-state index in [1.807, 2.05) is 6.07 Å². The van der Waals surface area contributed by atoms with Crippen LogP contribution in [-0.4, -0.2) is 19.1 Å². The fourth-order valence-electron chi connectivity index (χ4n) is 2.93. The third-order valence-electron chi connectivity index (χ3n) is 3.73. The number of hydrogen-bond acceptors (Lipinski definition) is 2. The topological polar surface area (TPSA) is 15.3 Å². The van der Waals surface area contributed by atoms with Gasteiger partial charge < -0.3 is 10.2 Å². The Bertz CT molecular complexity index is 417. The summed E-state index contributed by atoms with van der Waals surface area (Å²) in [5, 5.41) is 4.41. The summed E-state index contributed by atoms with van der Waals surface area (Å²) < 4.78 is 0. The lowest BCUT2D eigenvalue weighted by atomic mass is 9.97. The molecule has 0 spiro atoms. The number of nitrogens with one attached hydrogen (secondary N) is 1. The first-order chi connectivity index (χ1) is 7.75. The van der Waals surface area contributed by atoms with E-state index in [2.05, 4.69) is 23.2 Å². The zero-order valence-corrected chi connectivity index (χ0v) is 10.3. The Morgan fingerprint density at radius 2 is 2.25 bits per heavy atom. The molecule has 1 aromatic carbocycles. The van der Waals surface area contributed by atoms with Crippen LogP contribution >= 0.6 is 11.6 Å². The minimum Gasteiger partial charge on any atom is -0.381 e. The number of halogens is 1. The molecule has 1 saturated heterocycles. The average molecular weight is 237 g/mol. The van der Waals surface area contributed by atoms with Gasteiger partial charge in [0.2, 0.25) is 0 Å². The Hall–Kier alpha value is -0.890. The molecule has 3 rings (SSSR count). The van der Waals surface area contributed by atoms with Gasteiger partial charge in [-0.15, -0.1) is 0 Å². The van der Waals surface area contributed by atoms with Gasteiger partial charge in [-0.25, -0.2) is 0 Å². The maximum atomic E-state index is 6.16. The van der Waals surface area contributed by atoms with Gasteiger partial charge in [0.25, 0.3) is 0 Å². The number of rotatable bonds is 0. The summed E-state index contributed by atoms with van der Waals surface area (Å²) in [4.78, 5) is 2.54. The fourth-order valence-corrected chi connectivity index (χ4v) is 3.20. The van der Waals surface area contributed by atoms with Gasteiger partial charge in [0.05, 0.1) is 11.4 Å². The smallest absolute Gasteiger partial charge is 0.0622 e. The van der Waals surface area contributed by atoms with E-state index in [9.17, 15) is 0 Å². The van der Waals surface area contributed by atoms with Crippen molar-refractivity contribution in [1.29, 1.82) is 0 Å². The van der Waals surface area contributed by atoms with Crippen molar-refractivity contribution in [2.24, 2.45) is 0 Å². The maximum absolute atomic E-state index is 6.16. The predicted octanol–water partition coefficient (Wildman–Crippen LogP) is 3.43. The zero-order chi connectivity index (χ0) is 11.1. The molecule has 1 atom stereocenters. The molecule has 0 radical (unpaired) electrons. The monoisotopic (exact) mass is 236 g/mol. The van der Waals surface area contributed by atoms with Crippen LogP contribution in [0.25, 0.3) is 0 Å². The zero-order valence-electron chi connectivity index (χ0n) is 9.59. The van der Waals surface area contributed by atoms with E-state index in [1.54, 1.807) is 0 Å². The van der Waals surface area contributed by atoms with E-state index in [1.165, 1.54) is 42.7 Å². The van der Waals surface area contributed by atoms with Gasteiger partial charge in [-0.3, -0.25) is 0 Å². The van der Waals surface area contributed by atoms with Crippen molar-refractivity contribution in [2.45, 2.75) is 32.2 Å². The van der Waals surface area contributed by atoms with Gasteiger partial charge in [0.15, 0.2) is 0 Å². The van der Waals surface area contributed by atoms with Crippen molar-refractivity contribution in [1.82, 2.24) is 0 Å². The summed E-state index contributed by atoms with van der Waals surface area (Å²) in [6.45, 7) is 4.39. The van der Waals surface area contributed by atoms with E-state index >= 15 is 0 Å². The Balaban J connectivity index is 2.06. The number of anilines is 2. The third kappa shape index (κ3) is 1.56. The highest BCUT2D eigenvalue weighted by Crippen LogP contribution is 2.39. The van der Waals surface area contributed by atoms with Crippen molar-refractivity contribution in [3.63, 3.8) is 0 Å². The molecule has 2 heterocycles. The van der Waals surface area contributed by atoms with Crippen molar-refractivity contribution < 1.29 is 0 Å². The van der Waals surface area contributed by atoms with Crippen molar-refractivity contribution >= 4 is 23.0 Å². The maximum Gasteiger partial charge on any atom is 0.0622 e. The highest BCUT2D eigenvalue weighted by molar-refractivity contribution is 6.31. The Kier molecular flexibility index (Phi) is 2.47. The number of hydrogen-bond donors (Lipinski definition) is 1. The molecule has 1 N–H and O–H groups in total. The molecule has 2 aliphatic heterocycles. The Morgan fingerprint density at radius 1 is 1.38 bits per heavy atom. The number of piperidine rings is 1. The lowest BCUT2D eigenvalue weighted by Gasteiger charge is -2.43. The van der Waals surface area contributed by atoms with Gasteiger partial charge in [-0.2, -0.15) is 0 Å². The van der Waals surface area contributed by atoms with Crippen LogP contribution in [-0.2, 0) is 0 Å². The van der Waals surface area contributed by atoms with Crippen molar-refractivity contribution in [2.75, 3.05) is 23.3 Å². The molecule has 86 valence electrons. The largest absolute Gasteiger partial charge is 0.381 e. The van der Waals surface area contributed by atoms with Crippen LogP contribution in [0.4, 0.5) is 11.4 Å². The molecule has 0 saturated carbocycles. The first-order valence-corrected chi connectivity index (χ1v) is 6.44. The molecular weight excluding hydrogens is 220 g/mol. The first-order valence-electron chi connectivity index (χ1n) is 6.06. The molecule has 1 unspecified atom stereocenters. The van der Waals surface area contributed by atoms with Crippen LogP contribution in [0.2, 0.25) is 5.02 Å². The predicted molar refractivity (Wildman–Crippen MR) is 69.7 cm³/mol. The molecule has 0 aliphatic carbocycles. The number of fused-ring (bicyclic) bond motifs is 3. The van der Waals surface area contributed by atoms with Gasteiger partial charge >= 0.3 is 0 Å². The lowest BCUT2D eigenvalue weighted by molar-refractivity contribution is 0.466. The molecule has 0 aromatic heterocycles. The summed E-state index contributed by atoms with van der Waals surface area (Å²) >= 11 is 6.16. The molecule has 16 heavy (non-hydrogen) atoms. The lowest BCUT2D eigenvalue weighted by Crippen LogP contribution is -2.47. The van der Waals surface area contributed by atoms with Gasteiger partial charge in [0.1, 0.15) is 0 Å². The van der Waals surface area contributed by atoms with Crippen LogP contribution in [0.5, 0.6) is 0 Å². The second kappa shape index (κ2) is 3.85. The molecule has 2 aliphatic rings. The number of aryl methyl sites for hydroxylation is 1. The highest BCUT2D eigenvalue weighted by atomic mass is 35.5. The van der Waals surface area contributed by atoms with Crippen LogP contribution in [0.1, 0.15) is 24.8 Å². The van der Waals surface area contributed by atoms with E-state index in [-0.39, 0.29) is 0 Å². The highest BCUT2D eigenvalue weighted by Gasteiger charge is 2.29. The second-order valence-corrected chi connectivity index (χ2v) is 5.28. The van der Waals surface area contributed by atoms with Crippen LogP contribution in [0.3, 0.4) is 0 Å². The molecule has 0 bridgehead atoms. The summed E-state index contributed by atoms with van der Waals surface area (Å²) in [5.74, 6) is 0. The molecule has 2 nitrogen and oxygen atoms in total. The Labute approximate surface area is 102 Å². The molecule has 3 heteroatoms. The molecule has 1 aromatic rings. The normalized spacial score (nSPS) is 23.4. The van der Waals surface area contributed by atoms with Crippen LogP contribution < -0.4 is 10.2 Å². The van der Waals surface area contributed by atoms with Crippen LogP contribution in [0.15, 0.2) is 12.1 Å². The van der Waals surface area contributed by atoms with E-state index in [0.29, 0.717) is 6.04 Å². The standard InChI is InChI=1S/C13H17ClN2/c1-9-6-10(14)7-12-13(9)15-8-11-4-2-3-5-16(11)12/h6-7,11,15H,2-5,8H2,1H3. The molecular formula is C13H17ClN2. The van der Waals surface area contributed by atoms with E-state index < -0.39 is 0 Å². The molecule has 0 amide bonds. The van der Waals surface area contributed by atoms with Crippen LogP contribution in [0, 0.1) is 6.92 Å². The molecule has 1 fully saturated rings. The number of benzene rings is 1. The summed E-state index contributed by atoms with van der Waals surface area (Å²) in [7, 11) is 0. The van der Waals surface area contributed by atoms with Gasteiger partial charge in [-0.1, -0.05) is 11.6 Å². The van der Waals surface area contributed by atoms with Crippen molar-refractivity contribution in [3.05, 3.63) is 22.7 Å². The van der Waals surface area contributed by atoms with Gasteiger partial charge in [-0.05, 0) is 43.9 Å². The minimum absolute atomic E-state index is 0.666. The summed E-state index contributed by atoms with van der Waals surface area (Å²) in [6, 6.07) is 4.81. The van der Waals surface area contributed by atoms with Crippen molar-refractivity contribution in [3.8, 4) is 0 Å². The van der Waals surface area contributed by atoms with Gasteiger partial charge in [0, 0.05) is 24.2 Å². The Morgan fingerprint density at radius 3 is 3.12 bits per heavy atom. The first kappa shape index (κ1) is 10.3. The summed E-state index contributed by atoms with van der Waals surface area (Å²) in [5.41, 5.74) is 3.84.